The van der Waals surface area contributed by atoms with Crippen LogP contribution in [0.3, 0.4) is 0 Å². The number of nitrogens with two attached hydrogens (primary N) is 1. The van der Waals surface area contributed by atoms with E-state index in [1.807, 2.05) is 19.2 Å². The Kier molecular flexibility index (Phi) is 3.71. The molecule has 0 saturated carbocycles. The number of benzene rings is 1. The molecule has 1 aromatic carbocycles. The highest BCUT2D eigenvalue weighted by Gasteiger charge is 2.03. The van der Waals surface area contributed by atoms with Gasteiger partial charge in [-0.15, -0.1) is 0 Å². The molecule has 90 valence electrons. The van der Waals surface area contributed by atoms with Gasteiger partial charge in [-0.1, -0.05) is 12.1 Å². The molecule has 0 bridgehead atoms. The van der Waals surface area contributed by atoms with Crippen molar-refractivity contribution in [2.75, 3.05) is 13.6 Å². The Morgan fingerprint density at radius 2 is 2.18 bits per heavy atom. The summed E-state index contributed by atoms with van der Waals surface area (Å²) >= 11 is 0. The third-order valence-corrected chi connectivity index (χ3v) is 2.72. The summed E-state index contributed by atoms with van der Waals surface area (Å²) in [7, 11) is 2.09. The second-order valence-electron chi connectivity index (χ2n) is 4.70. The predicted molar refractivity (Wildman–Crippen MR) is 71.7 cm³/mol. The van der Waals surface area contributed by atoms with E-state index in [0.29, 0.717) is 0 Å². The van der Waals surface area contributed by atoms with Crippen LogP contribution in [-0.2, 0) is 6.54 Å². The van der Waals surface area contributed by atoms with Crippen LogP contribution in [0.5, 0.6) is 0 Å². The van der Waals surface area contributed by atoms with Crippen LogP contribution in [0.4, 0.5) is 0 Å². The molecule has 0 radical (unpaired) electrons. The minimum absolute atomic E-state index is 0.210. The number of rotatable bonds is 4. The van der Waals surface area contributed by atoms with Crippen molar-refractivity contribution in [3.8, 4) is 0 Å². The van der Waals surface area contributed by atoms with Crippen LogP contribution in [-0.4, -0.2) is 29.5 Å². The molecule has 0 aliphatic carbocycles. The van der Waals surface area contributed by atoms with Gasteiger partial charge >= 0.3 is 0 Å². The third-order valence-electron chi connectivity index (χ3n) is 2.72. The normalized spacial score (nSPS) is 13.2. The van der Waals surface area contributed by atoms with E-state index < -0.39 is 0 Å². The maximum Gasteiger partial charge on any atom is 0.0702 e. The van der Waals surface area contributed by atoms with Gasteiger partial charge in [-0.25, -0.2) is 0 Å². The van der Waals surface area contributed by atoms with Crippen LogP contribution in [0.2, 0.25) is 0 Å². The quantitative estimate of drug-likeness (QED) is 0.872. The summed E-state index contributed by atoms with van der Waals surface area (Å²) in [5, 5.41) is 1.19. The molecule has 2 aromatic rings. The molecule has 2 rings (SSSR count). The fourth-order valence-corrected chi connectivity index (χ4v) is 2.09. The first-order valence-corrected chi connectivity index (χ1v) is 5.93. The smallest absolute Gasteiger partial charge is 0.0702 e. The van der Waals surface area contributed by atoms with Gasteiger partial charge in [0.15, 0.2) is 0 Å². The van der Waals surface area contributed by atoms with Crippen LogP contribution in [0.25, 0.3) is 10.9 Å². The van der Waals surface area contributed by atoms with E-state index in [9.17, 15) is 0 Å². The summed E-state index contributed by atoms with van der Waals surface area (Å²) in [4.78, 5) is 6.55. The highest BCUT2D eigenvalue weighted by Crippen LogP contribution is 2.14. The molecule has 0 saturated heterocycles. The van der Waals surface area contributed by atoms with E-state index in [4.69, 9.17) is 5.73 Å². The van der Waals surface area contributed by atoms with Gasteiger partial charge in [-0.3, -0.25) is 4.98 Å². The summed E-state index contributed by atoms with van der Waals surface area (Å²) in [6.07, 6.45) is 1.82. The highest BCUT2D eigenvalue weighted by atomic mass is 15.1. The molecule has 3 nitrogen and oxygen atoms in total. The first-order valence-electron chi connectivity index (χ1n) is 5.93. The number of fused-ring (bicyclic) bond motifs is 1. The predicted octanol–water partition coefficient (Wildman–Crippen LogP) is 2.01. The molecule has 1 unspecified atom stereocenters. The zero-order valence-electron chi connectivity index (χ0n) is 10.4. The molecule has 0 spiro atoms. The lowest BCUT2D eigenvalue weighted by molar-refractivity contribution is 0.310. The molecule has 0 fully saturated rings. The summed E-state index contributed by atoms with van der Waals surface area (Å²) in [6, 6.07) is 10.7. The number of hydrogen-bond donors (Lipinski definition) is 1. The molecule has 1 heterocycles. The Morgan fingerprint density at radius 1 is 1.35 bits per heavy atom. The lowest BCUT2D eigenvalue weighted by atomic mass is 10.1. The van der Waals surface area contributed by atoms with Gasteiger partial charge in [0.25, 0.3) is 0 Å². The van der Waals surface area contributed by atoms with E-state index in [1.54, 1.807) is 0 Å². The van der Waals surface area contributed by atoms with Crippen LogP contribution in [0.1, 0.15) is 12.5 Å². The topological polar surface area (TPSA) is 42.1 Å². The van der Waals surface area contributed by atoms with E-state index in [2.05, 4.69) is 41.2 Å². The molecule has 0 aliphatic heterocycles. The number of likely N-dealkylation sites (N-methyl/N-ethyl adjacent to an activating group) is 1. The minimum atomic E-state index is 0.210. The molecule has 3 heteroatoms. The molecule has 0 aliphatic rings. The lowest BCUT2D eigenvalue weighted by Crippen LogP contribution is -2.32. The van der Waals surface area contributed by atoms with Gasteiger partial charge < -0.3 is 10.6 Å². The summed E-state index contributed by atoms with van der Waals surface area (Å²) < 4.78 is 0. The van der Waals surface area contributed by atoms with E-state index in [1.165, 1.54) is 10.9 Å². The van der Waals surface area contributed by atoms with E-state index >= 15 is 0 Å². The van der Waals surface area contributed by atoms with Crippen LogP contribution in [0.15, 0.2) is 36.5 Å². The summed E-state index contributed by atoms with van der Waals surface area (Å²) in [5.74, 6) is 0. The summed E-state index contributed by atoms with van der Waals surface area (Å²) in [5.41, 5.74) is 8.13. The van der Waals surface area contributed by atoms with Crippen molar-refractivity contribution in [2.45, 2.75) is 19.5 Å². The Morgan fingerprint density at radius 3 is 2.94 bits per heavy atom. The average Bonchev–Trinajstić information content (AvgIpc) is 2.27. The van der Waals surface area contributed by atoms with Gasteiger partial charge in [-0.05, 0) is 37.7 Å². The molecule has 1 aromatic heterocycles. The fraction of sp³-hybridized carbons (Fsp3) is 0.357. The van der Waals surface area contributed by atoms with Crippen molar-refractivity contribution in [2.24, 2.45) is 5.73 Å². The first-order chi connectivity index (χ1) is 8.15. The number of pyridine rings is 1. The van der Waals surface area contributed by atoms with Crippen molar-refractivity contribution in [1.82, 2.24) is 9.88 Å². The Hall–Kier alpha value is -1.45. The number of aromatic nitrogens is 1. The molecule has 0 amide bonds. The van der Waals surface area contributed by atoms with Gasteiger partial charge in [0.1, 0.15) is 0 Å². The molecule has 1 atom stereocenters. The van der Waals surface area contributed by atoms with Crippen molar-refractivity contribution in [3.05, 3.63) is 42.1 Å². The van der Waals surface area contributed by atoms with Gasteiger partial charge in [-0.2, -0.15) is 0 Å². The van der Waals surface area contributed by atoms with Crippen molar-refractivity contribution < 1.29 is 0 Å². The standard InChI is InChI=1S/C14H19N3/c1-11(15)9-17(2)10-12-5-6-14-13(8-12)4-3-7-16-14/h3-8,11H,9-10,15H2,1-2H3. The Balaban J connectivity index is 2.14. The number of nitrogens with zero attached hydrogens (tertiary/aromatic N) is 2. The lowest BCUT2D eigenvalue weighted by Gasteiger charge is -2.19. The molecular weight excluding hydrogens is 210 g/mol. The first kappa shape index (κ1) is 12.0. The second-order valence-corrected chi connectivity index (χ2v) is 4.70. The van der Waals surface area contributed by atoms with Gasteiger partial charge in [0, 0.05) is 30.7 Å². The largest absolute Gasteiger partial charge is 0.327 e. The zero-order chi connectivity index (χ0) is 12.3. The minimum Gasteiger partial charge on any atom is -0.327 e. The third kappa shape index (κ3) is 3.25. The summed E-state index contributed by atoms with van der Waals surface area (Å²) in [6.45, 7) is 3.86. The SMILES string of the molecule is CC(N)CN(C)Cc1ccc2ncccc2c1. The van der Waals surface area contributed by atoms with Crippen molar-refractivity contribution in [1.29, 1.82) is 0 Å². The Bertz CT molecular complexity index is 494. The van der Waals surface area contributed by atoms with Gasteiger partial charge in [0.2, 0.25) is 0 Å². The maximum absolute atomic E-state index is 5.79. The molecule has 2 N–H and O–H groups in total. The van der Waals surface area contributed by atoms with Crippen LogP contribution >= 0.6 is 0 Å². The van der Waals surface area contributed by atoms with E-state index in [0.717, 1.165) is 18.6 Å². The van der Waals surface area contributed by atoms with Crippen LogP contribution in [0, 0.1) is 0 Å². The van der Waals surface area contributed by atoms with Gasteiger partial charge in [0.05, 0.1) is 5.52 Å². The second kappa shape index (κ2) is 5.25. The Labute approximate surface area is 102 Å². The maximum atomic E-state index is 5.79. The average molecular weight is 229 g/mol. The fourth-order valence-electron chi connectivity index (χ4n) is 2.09. The van der Waals surface area contributed by atoms with Crippen LogP contribution < -0.4 is 5.73 Å². The van der Waals surface area contributed by atoms with E-state index in [-0.39, 0.29) is 6.04 Å². The number of hydrogen-bond acceptors (Lipinski definition) is 3. The highest BCUT2D eigenvalue weighted by molar-refractivity contribution is 5.78. The zero-order valence-corrected chi connectivity index (χ0v) is 10.4. The monoisotopic (exact) mass is 229 g/mol. The van der Waals surface area contributed by atoms with Crippen molar-refractivity contribution in [3.63, 3.8) is 0 Å². The molecular formula is C14H19N3. The molecule has 17 heavy (non-hydrogen) atoms. The van der Waals surface area contributed by atoms with Crippen molar-refractivity contribution >= 4 is 10.9 Å².